The van der Waals surface area contributed by atoms with Crippen molar-refractivity contribution in [2.45, 2.75) is 31.6 Å². The number of halogens is 1. The summed E-state index contributed by atoms with van der Waals surface area (Å²) in [6, 6.07) is 10.3. The molecule has 17 heavy (non-hydrogen) atoms. The maximum atomic E-state index is 6.37. The van der Waals surface area contributed by atoms with Gasteiger partial charge in [0.25, 0.3) is 0 Å². The van der Waals surface area contributed by atoms with Gasteiger partial charge in [0.05, 0.1) is 5.69 Å². The van der Waals surface area contributed by atoms with E-state index in [1.165, 1.54) is 5.56 Å². The summed E-state index contributed by atoms with van der Waals surface area (Å²) in [6.07, 6.45) is 1.72. The summed E-state index contributed by atoms with van der Waals surface area (Å²) in [6.45, 7) is 6.61. The van der Waals surface area contributed by atoms with Gasteiger partial charge in [-0.3, -0.25) is 5.10 Å². The number of hydrogen-bond acceptors (Lipinski definition) is 1. The minimum absolute atomic E-state index is 0.161. The maximum Gasteiger partial charge on any atom is 0.100 e. The molecule has 1 aromatic heterocycles. The van der Waals surface area contributed by atoms with Gasteiger partial charge in [0, 0.05) is 6.20 Å². The summed E-state index contributed by atoms with van der Waals surface area (Å²) in [5.41, 5.74) is 3.50. The topological polar surface area (TPSA) is 28.7 Å². The van der Waals surface area contributed by atoms with Gasteiger partial charge in [0.1, 0.15) is 5.38 Å². The fourth-order valence-corrected chi connectivity index (χ4v) is 2.01. The second kappa shape index (κ2) is 4.53. The molecular formula is C14H17ClN2. The molecule has 0 saturated carbocycles. The average Bonchev–Trinajstić information content (AvgIpc) is 2.80. The third-order valence-electron chi connectivity index (χ3n) is 2.86. The van der Waals surface area contributed by atoms with E-state index in [0.29, 0.717) is 0 Å². The van der Waals surface area contributed by atoms with Gasteiger partial charge < -0.3 is 0 Å². The Labute approximate surface area is 107 Å². The molecule has 0 spiro atoms. The Morgan fingerprint density at radius 1 is 1.12 bits per heavy atom. The Kier molecular flexibility index (Phi) is 3.25. The van der Waals surface area contributed by atoms with Crippen LogP contribution < -0.4 is 0 Å². The molecule has 0 amide bonds. The monoisotopic (exact) mass is 248 g/mol. The zero-order chi connectivity index (χ0) is 12.5. The van der Waals surface area contributed by atoms with Crippen molar-refractivity contribution in [3.63, 3.8) is 0 Å². The quantitative estimate of drug-likeness (QED) is 0.799. The normalized spacial score (nSPS) is 13.6. The molecule has 0 aliphatic heterocycles. The van der Waals surface area contributed by atoms with E-state index < -0.39 is 0 Å². The molecule has 2 nitrogen and oxygen atoms in total. The number of aromatic amines is 1. The Morgan fingerprint density at radius 3 is 2.24 bits per heavy atom. The Hall–Kier alpha value is -1.28. The van der Waals surface area contributed by atoms with Crippen LogP contribution in [0.5, 0.6) is 0 Å². The number of aromatic nitrogens is 2. The van der Waals surface area contributed by atoms with Gasteiger partial charge in [-0.1, -0.05) is 45.0 Å². The molecular weight excluding hydrogens is 232 g/mol. The first-order valence-corrected chi connectivity index (χ1v) is 6.16. The molecule has 1 unspecified atom stereocenters. The fraction of sp³-hybridized carbons (Fsp3) is 0.357. The van der Waals surface area contributed by atoms with Crippen LogP contribution in [0.15, 0.2) is 36.5 Å². The molecule has 0 aliphatic carbocycles. The van der Waals surface area contributed by atoms with Crippen LogP contribution in [0.2, 0.25) is 0 Å². The highest BCUT2D eigenvalue weighted by Gasteiger charge is 2.15. The van der Waals surface area contributed by atoms with Gasteiger partial charge in [-0.05, 0) is 22.6 Å². The molecule has 0 radical (unpaired) electrons. The van der Waals surface area contributed by atoms with Crippen LogP contribution in [0.1, 0.15) is 43.0 Å². The second-order valence-corrected chi connectivity index (χ2v) is 5.68. The molecule has 90 valence electrons. The van der Waals surface area contributed by atoms with E-state index >= 15 is 0 Å². The van der Waals surface area contributed by atoms with E-state index in [9.17, 15) is 0 Å². The predicted molar refractivity (Wildman–Crippen MR) is 71.4 cm³/mol. The molecule has 1 atom stereocenters. The lowest BCUT2D eigenvalue weighted by molar-refractivity contribution is 0.590. The van der Waals surface area contributed by atoms with Crippen molar-refractivity contribution in [2.75, 3.05) is 0 Å². The summed E-state index contributed by atoms with van der Waals surface area (Å²) >= 11 is 6.37. The zero-order valence-corrected chi connectivity index (χ0v) is 11.1. The van der Waals surface area contributed by atoms with Crippen LogP contribution in [-0.4, -0.2) is 10.2 Å². The third kappa shape index (κ3) is 2.70. The molecule has 1 aromatic carbocycles. The lowest BCUT2D eigenvalue weighted by atomic mass is 9.86. The average molecular weight is 249 g/mol. The van der Waals surface area contributed by atoms with Crippen LogP contribution in [0.4, 0.5) is 0 Å². The van der Waals surface area contributed by atoms with Gasteiger partial charge in [-0.15, -0.1) is 11.6 Å². The highest BCUT2D eigenvalue weighted by molar-refractivity contribution is 6.22. The summed E-state index contributed by atoms with van der Waals surface area (Å²) in [5, 5.41) is 6.65. The molecule has 3 heteroatoms. The van der Waals surface area contributed by atoms with Crippen molar-refractivity contribution < 1.29 is 0 Å². The van der Waals surface area contributed by atoms with Gasteiger partial charge in [-0.25, -0.2) is 0 Å². The maximum absolute atomic E-state index is 6.37. The van der Waals surface area contributed by atoms with Crippen LogP contribution >= 0.6 is 11.6 Å². The van der Waals surface area contributed by atoms with Gasteiger partial charge in [0.2, 0.25) is 0 Å². The third-order valence-corrected chi connectivity index (χ3v) is 3.35. The molecule has 0 aliphatic rings. The van der Waals surface area contributed by atoms with Crippen molar-refractivity contribution in [3.8, 4) is 0 Å². The van der Waals surface area contributed by atoms with E-state index in [-0.39, 0.29) is 10.8 Å². The Balaban J connectivity index is 2.24. The Bertz CT molecular complexity index is 466. The molecule has 2 rings (SSSR count). The van der Waals surface area contributed by atoms with E-state index in [0.717, 1.165) is 11.3 Å². The fourth-order valence-electron chi connectivity index (χ4n) is 1.74. The van der Waals surface area contributed by atoms with Gasteiger partial charge in [0.15, 0.2) is 0 Å². The number of benzene rings is 1. The SMILES string of the molecule is CC(C)(C)c1ccc(C(Cl)c2ccn[nH]2)cc1. The number of H-pyrrole nitrogens is 1. The summed E-state index contributed by atoms with van der Waals surface area (Å²) in [4.78, 5) is 0. The standard InChI is InChI=1S/C14H17ClN2/c1-14(2,3)11-6-4-10(5-7-11)13(15)12-8-9-16-17-12/h4-9,13H,1-3H3,(H,16,17). The number of nitrogens with one attached hydrogen (secondary N) is 1. The first kappa shape index (κ1) is 12.2. The zero-order valence-electron chi connectivity index (χ0n) is 10.4. The number of nitrogens with zero attached hydrogens (tertiary/aromatic N) is 1. The largest absolute Gasteiger partial charge is 0.281 e. The molecule has 1 N–H and O–H groups in total. The minimum Gasteiger partial charge on any atom is -0.281 e. The van der Waals surface area contributed by atoms with Crippen LogP contribution in [0.3, 0.4) is 0 Å². The van der Waals surface area contributed by atoms with Crippen molar-refractivity contribution in [2.24, 2.45) is 0 Å². The summed E-state index contributed by atoms with van der Waals surface area (Å²) < 4.78 is 0. The highest BCUT2D eigenvalue weighted by Crippen LogP contribution is 2.29. The molecule has 1 heterocycles. The van der Waals surface area contributed by atoms with Crippen LogP contribution in [0, 0.1) is 0 Å². The molecule has 2 aromatic rings. The Morgan fingerprint density at radius 2 is 1.76 bits per heavy atom. The van der Waals surface area contributed by atoms with E-state index in [4.69, 9.17) is 11.6 Å². The lowest BCUT2D eigenvalue weighted by Gasteiger charge is -2.19. The number of hydrogen-bond donors (Lipinski definition) is 1. The number of rotatable bonds is 2. The smallest absolute Gasteiger partial charge is 0.100 e. The van der Waals surface area contributed by atoms with Crippen molar-refractivity contribution in [1.29, 1.82) is 0 Å². The lowest BCUT2D eigenvalue weighted by Crippen LogP contribution is -2.10. The minimum atomic E-state index is -0.161. The van der Waals surface area contributed by atoms with E-state index in [1.807, 2.05) is 6.07 Å². The van der Waals surface area contributed by atoms with Crippen molar-refractivity contribution >= 4 is 11.6 Å². The van der Waals surface area contributed by atoms with Crippen molar-refractivity contribution in [1.82, 2.24) is 10.2 Å². The van der Waals surface area contributed by atoms with Gasteiger partial charge >= 0.3 is 0 Å². The molecule has 0 bridgehead atoms. The first-order chi connectivity index (χ1) is 7.98. The second-order valence-electron chi connectivity index (χ2n) is 5.25. The predicted octanol–water partition coefficient (Wildman–Crippen LogP) is 4.04. The summed E-state index contributed by atoms with van der Waals surface area (Å²) in [5.74, 6) is 0. The molecule has 0 saturated heterocycles. The van der Waals surface area contributed by atoms with E-state index in [2.05, 4.69) is 55.2 Å². The summed E-state index contributed by atoms with van der Waals surface area (Å²) in [7, 11) is 0. The first-order valence-electron chi connectivity index (χ1n) is 5.72. The van der Waals surface area contributed by atoms with Crippen molar-refractivity contribution in [3.05, 3.63) is 53.3 Å². The van der Waals surface area contributed by atoms with Crippen LogP contribution in [0.25, 0.3) is 0 Å². The van der Waals surface area contributed by atoms with Crippen LogP contribution in [-0.2, 0) is 5.41 Å². The number of alkyl halides is 1. The van der Waals surface area contributed by atoms with Gasteiger partial charge in [-0.2, -0.15) is 5.10 Å². The molecule has 0 fully saturated rings. The van der Waals surface area contributed by atoms with E-state index in [1.54, 1.807) is 6.20 Å². The highest BCUT2D eigenvalue weighted by atomic mass is 35.5.